The minimum atomic E-state index is -0.330. The quantitative estimate of drug-likeness (QED) is 0.410. The number of carbonyl (C=O) groups excluding carboxylic acids is 1. The standard InChI is InChI=1S/C19H20N4O2S/c1-12(2)13-6-5-7-14(10-13)21-17(24)11-26-19-22-16-9-4-3-8-15(16)18(25)23(19)20/h3-10,12H,11,20H2,1-2H3,(H,21,24). The predicted octanol–water partition coefficient (Wildman–Crippen LogP) is 2.96. The number of nitrogens with zero attached hydrogens (tertiary/aromatic N) is 2. The van der Waals surface area contributed by atoms with Crippen molar-refractivity contribution < 1.29 is 4.79 Å². The zero-order valence-corrected chi connectivity index (χ0v) is 15.4. The zero-order chi connectivity index (χ0) is 18.7. The van der Waals surface area contributed by atoms with Crippen LogP contribution in [0.3, 0.4) is 0 Å². The predicted molar refractivity (Wildman–Crippen MR) is 106 cm³/mol. The Morgan fingerprint density at radius 1 is 1.23 bits per heavy atom. The van der Waals surface area contributed by atoms with Gasteiger partial charge in [-0.25, -0.2) is 9.66 Å². The molecule has 0 radical (unpaired) electrons. The summed E-state index contributed by atoms with van der Waals surface area (Å²) in [5, 5.41) is 3.62. The van der Waals surface area contributed by atoms with E-state index in [4.69, 9.17) is 5.84 Å². The summed E-state index contributed by atoms with van der Waals surface area (Å²) in [7, 11) is 0. The van der Waals surface area contributed by atoms with Crippen molar-refractivity contribution in [2.24, 2.45) is 0 Å². The number of hydrogen-bond acceptors (Lipinski definition) is 5. The summed E-state index contributed by atoms with van der Waals surface area (Å²) in [6.45, 7) is 4.20. The van der Waals surface area contributed by atoms with Crippen molar-refractivity contribution in [3.63, 3.8) is 0 Å². The summed E-state index contributed by atoms with van der Waals surface area (Å²) in [4.78, 5) is 28.9. The molecule has 3 N–H and O–H groups in total. The van der Waals surface area contributed by atoms with Crippen LogP contribution in [0.4, 0.5) is 5.69 Å². The second kappa shape index (κ2) is 7.61. The van der Waals surface area contributed by atoms with E-state index in [9.17, 15) is 9.59 Å². The van der Waals surface area contributed by atoms with Crippen molar-refractivity contribution in [1.29, 1.82) is 0 Å². The van der Waals surface area contributed by atoms with E-state index >= 15 is 0 Å². The molecule has 1 aromatic heterocycles. The summed E-state index contributed by atoms with van der Waals surface area (Å²) < 4.78 is 0.986. The first kappa shape index (κ1) is 18.0. The molecule has 1 heterocycles. The molecule has 134 valence electrons. The molecule has 7 heteroatoms. The molecule has 26 heavy (non-hydrogen) atoms. The highest BCUT2D eigenvalue weighted by atomic mass is 32.2. The van der Waals surface area contributed by atoms with Gasteiger partial charge in [-0.2, -0.15) is 0 Å². The van der Waals surface area contributed by atoms with Crippen molar-refractivity contribution in [3.05, 3.63) is 64.4 Å². The summed E-state index contributed by atoms with van der Waals surface area (Å²) >= 11 is 1.13. The van der Waals surface area contributed by atoms with Crippen LogP contribution in [0.5, 0.6) is 0 Å². The van der Waals surface area contributed by atoms with Gasteiger partial charge in [0.05, 0.1) is 16.7 Å². The smallest absolute Gasteiger partial charge is 0.280 e. The van der Waals surface area contributed by atoms with Gasteiger partial charge >= 0.3 is 0 Å². The molecule has 0 aliphatic heterocycles. The number of thioether (sulfide) groups is 1. The highest BCUT2D eigenvalue weighted by Crippen LogP contribution is 2.20. The maximum atomic E-state index is 12.3. The third-order valence-corrected chi connectivity index (χ3v) is 4.90. The van der Waals surface area contributed by atoms with E-state index in [1.807, 2.05) is 24.3 Å². The fourth-order valence-electron chi connectivity index (χ4n) is 2.53. The van der Waals surface area contributed by atoms with E-state index in [1.54, 1.807) is 24.3 Å². The molecule has 0 aliphatic rings. The number of benzene rings is 2. The Balaban J connectivity index is 1.72. The average Bonchev–Trinajstić information content (AvgIpc) is 2.63. The van der Waals surface area contributed by atoms with Gasteiger partial charge in [-0.3, -0.25) is 9.59 Å². The maximum absolute atomic E-state index is 12.3. The van der Waals surface area contributed by atoms with Crippen LogP contribution >= 0.6 is 11.8 Å². The Labute approximate surface area is 155 Å². The van der Waals surface area contributed by atoms with E-state index in [2.05, 4.69) is 24.1 Å². The fraction of sp³-hybridized carbons (Fsp3) is 0.211. The SMILES string of the molecule is CC(C)c1cccc(NC(=O)CSc2nc3ccccc3c(=O)n2N)c1. The van der Waals surface area contributed by atoms with Gasteiger partial charge in [0.25, 0.3) is 5.56 Å². The van der Waals surface area contributed by atoms with Gasteiger partial charge in [0.2, 0.25) is 5.91 Å². The first-order valence-corrected chi connectivity index (χ1v) is 9.23. The Hall–Kier alpha value is -2.80. The van der Waals surface area contributed by atoms with Gasteiger partial charge < -0.3 is 11.2 Å². The van der Waals surface area contributed by atoms with Crippen molar-refractivity contribution >= 4 is 34.3 Å². The maximum Gasteiger partial charge on any atom is 0.280 e. The molecule has 1 amide bonds. The van der Waals surface area contributed by atoms with Crippen LogP contribution in [0, 0.1) is 0 Å². The first-order chi connectivity index (χ1) is 12.5. The molecule has 3 rings (SSSR count). The number of nitrogens with one attached hydrogen (secondary N) is 1. The molecular weight excluding hydrogens is 348 g/mol. The number of nitrogen functional groups attached to an aromatic ring is 1. The first-order valence-electron chi connectivity index (χ1n) is 8.25. The number of carbonyl (C=O) groups is 1. The number of nitrogens with two attached hydrogens (primary N) is 1. The molecule has 0 spiro atoms. The van der Waals surface area contributed by atoms with Gasteiger partial charge in [-0.15, -0.1) is 0 Å². The van der Waals surface area contributed by atoms with Gasteiger partial charge in [-0.1, -0.05) is 49.9 Å². The Bertz CT molecular complexity index is 1010. The van der Waals surface area contributed by atoms with Crippen LogP contribution in [0.25, 0.3) is 10.9 Å². The van der Waals surface area contributed by atoms with Gasteiger partial charge in [0, 0.05) is 5.69 Å². The Morgan fingerprint density at radius 2 is 2.00 bits per heavy atom. The number of fused-ring (bicyclic) bond motifs is 1. The fourth-order valence-corrected chi connectivity index (χ4v) is 3.25. The molecule has 0 aliphatic carbocycles. The van der Waals surface area contributed by atoms with Gasteiger partial charge in [0.15, 0.2) is 5.16 Å². The van der Waals surface area contributed by atoms with Crippen LogP contribution in [-0.4, -0.2) is 21.3 Å². The van der Waals surface area contributed by atoms with E-state index in [0.29, 0.717) is 22.0 Å². The summed E-state index contributed by atoms with van der Waals surface area (Å²) in [5.41, 5.74) is 2.13. The number of hydrogen-bond donors (Lipinski definition) is 2. The molecule has 6 nitrogen and oxygen atoms in total. The molecule has 2 aromatic carbocycles. The average molecular weight is 368 g/mol. The minimum Gasteiger partial charge on any atom is -0.334 e. The van der Waals surface area contributed by atoms with Crippen LogP contribution in [0.15, 0.2) is 58.5 Å². The normalized spacial score (nSPS) is 11.0. The molecule has 0 fully saturated rings. The van der Waals surface area contributed by atoms with E-state index in [0.717, 1.165) is 27.7 Å². The number of aromatic nitrogens is 2. The summed E-state index contributed by atoms with van der Waals surface area (Å²) in [6, 6.07) is 14.7. The summed E-state index contributed by atoms with van der Waals surface area (Å²) in [5.74, 6) is 6.14. The third-order valence-electron chi connectivity index (χ3n) is 3.94. The van der Waals surface area contributed by atoms with Crippen molar-refractivity contribution in [2.45, 2.75) is 24.9 Å². The number of anilines is 1. The Kier molecular flexibility index (Phi) is 5.27. The largest absolute Gasteiger partial charge is 0.334 e. The molecule has 0 atom stereocenters. The van der Waals surface area contributed by atoms with Crippen LogP contribution in [0.2, 0.25) is 0 Å². The van der Waals surface area contributed by atoms with E-state index in [1.165, 1.54) is 0 Å². The van der Waals surface area contributed by atoms with Crippen LogP contribution in [0.1, 0.15) is 25.3 Å². The molecular formula is C19H20N4O2S. The molecule has 0 saturated carbocycles. The second-order valence-corrected chi connectivity index (χ2v) is 7.15. The zero-order valence-electron chi connectivity index (χ0n) is 14.6. The number of rotatable bonds is 5. The third kappa shape index (κ3) is 3.88. The van der Waals surface area contributed by atoms with Crippen molar-refractivity contribution in [1.82, 2.24) is 9.66 Å². The minimum absolute atomic E-state index is 0.105. The molecule has 0 bridgehead atoms. The lowest BCUT2D eigenvalue weighted by molar-refractivity contribution is -0.113. The Morgan fingerprint density at radius 3 is 2.77 bits per heavy atom. The number of amides is 1. The van der Waals surface area contributed by atoms with Crippen molar-refractivity contribution in [2.75, 3.05) is 16.9 Å². The lowest BCUT2D eigenvalue weighted by Crippen LogP contribution is -2.30. The topological polar surface area (TPSA) is 90.0 Å². The highest BCUT2D eigenvalue weighted by molar-refractivity contribution is 7.99. The monoisotopic (exact) mass is 368 g/mol. The lowest BCUT2D eigenvalue weighted by Gasteiger charge is -2.10. The van der Waals surface area contributed by atoms with E-state index in [-0.39, 0.29) is 17.2 Å². The van der Waals surface area contributed by atoms with Crippen molar-refractivity contribution in [3.8, 4) is 0 Å². The molecule has 0 unspecified atom stereocenters. The second-order valence-electron chi connectivity index (χ2n) is 6.20. The lowest BCUT2D eigenvalue weighted by atomic mass is 10.0. The van der Waals surface area contributed by atoms with Gasteiger partial charge in [-0.05, 0) is 35.7 Å². The molecule has 3 aromatic rings. The van der Waals surface area contributed by atoms with Crippen LogP contribution < -0.4 is 16.7 Å². The van der Waals surface area contributed by atoms with Gasteiger partial charge in [0.1, 0.15) is 0 Å². The highest BCUT2D eigenvalue weighted by Gasteiger charge is 2.12. The van der Waals surface area contributed by atoms with Crippen LogP contribution in [-0.2, 0) is 4.79 Å². The summed E-state index contributed by atoms with van der Waals surface area (Å²) in [6.07, 6.45) is 0. The van der Waals surface area contributed by atoms with E-state index < -0.39 is 0 Å². The number of para-hydroxylation sites is 1. The molecule has 0 saturated heterocycles.